The third-order valence-electron chi connectivity index (χ3n) is 2.71. The highest BCUT2D eigenvalue weighted by Crippen LogP contribution is 2.26. The molecule has 2 aromatic rings. The summed E-state index contributed by atoms with van der Waals surface area (Å²) in [5.74, 6) is 0. The summed E-state index contributed by atoms with van der Waals surface area (Å²) in [7, 11) is 0. The summed E-state index contributed by atoms with van der Waals surface area (Å²) < 4.78 is 0. The molecule has 0 fully saturated rings. The van der Waals surface area contributed by atoms with Crippen molar-refractivity contribution in [1.29, 1.82) is 0 Å². The smallest absolute Gasteiger partial charge is 0.115 e. The zero-order valence-electron chi connectivity index (χ0n) is 10.2. The van der Waals surface area contributed by atoms with Gasteiger partial charge in [0, 0.05) is 11.1 Å². The fourth-order valence-corrected chi connectivity index (χ4v) is 2.57. The van der Waals surface area contributed by atoms with Gasteiger partial charge in [-0.15, -0.1) is 11.3 Å². The first-order valence-electron chi connectivity index (χ1n) is 5.86. The van der Waals surface area contributed by atoms with Crippen LogP contribution in [-0.4, -0.2) is 16.5 Å². The Morgan fingerprint density at radius 2 is 2.29 bits per heavy atom. The van der Waals surface area contributed by atoms with Crippen molar-refractivity contribution in [1.82, 2.24) is 15.3 Å². The van der Waals surface area contributed by atoms with Crippen LogP contribution in [0.15, 0.2) is 30.0 Å². The van der Waals surface area contributed by atoms with Crippen LogP contribution in [0.25, 0.3) is 0 Å². The number of thiophene rings is 1. The molecule has 2 aromatic heterocycles. The molecule has 0 saturated carbocycles. The molecule has 0 saturated heterocycles. The molecule has 0 aliphatic heterocycles. The SMILES string of the molecule is CCCNC(c1ccncn1)c1ccsc1C. The minimum Gasteiger partial charge on any atom is -0.305 e. The molecule has 3 nitrogen and oxygen atoms in total. The van der Waals surface area contributed by atoms with Gasteiger partial charge >= 0.3 is 0 Å². The van der Waals surface area contributed by atoms with E-state index >= 15 is 0 Å². The Balaban J connectivity index is 2.29. The Labute approximate surface area is 106 Å². The van der Waals surface area contributed by atoms with E-state index < -0.39 is 0 Å². The van der Waals surface area contributed by atoms with E-state index in [1.807, 2.05) is 6.07 Å². The second-order valence-electron chi connectivity index (χ2n) is 3.95. The number of hydrogen-bond acceptors (Lipinski definition) is 4. The van der Waals surface area contributed by atoms with E-state index in [1.54, 1.807) is 23.9 Å². The third-order valence-corrected chi connectivity index (χ3v) is 3.57. The maximum Gasteiger partial charge on any atom is 0.115 e. The standard InChI is InChI=1S/C13H17N3S/c1-3-6-15-13(11-5-8-17-10(11)2)12-4-7-14-9-16-12/h4-5,7-9,13,15H,3,6H2,1-2H3. The molecular formula is C13H17N3S. The molecule has 1 N–H and O–H groups in total. The highest BCUT2D eigenvalue weighted by molar-refractivity contribution is 7.10. The highest BCUT2D eigenvalue weighted by atomic mass is 32.1. The summed E-state index contributed by atoms with van der Waals surface area (Å²) in [6, 6.07) is 4.34. The van der Waals surface area contributed by atoms with Crippen LogP contribution in [0.2, 0.25) is 0 Å². The zero-order chi connectivity index (χ0) is 12.1. The van der Waals surface area contributed by atoms with Crippen molar-refractivity contribution in [2.75, 3.05) is 6.54 Å². The van der Waals surface area contributed by atoms with Crippen molar-refractivity contribution in [3.63, 3.8) is 0 Å². The number of rotatable bonds is 5. The van der Waals surface area contributed by atoms with Crippen molar-refractivity contribution in [2.45, 2.75) is 26.3 Å². The fraction of sp³-hybridized carbons (Fsp3) is 0.385. The lowest BCUT2D eigenvalue weighted by Gasteiger charge is -2.17. The summed E-state index contributed by atoms with van der Waals surface area (Å²) in [6.07, 6.45) is 4.52. The number of nitrogens with zero attached hydrogens (tertiary/aromatic N) is 2. The first-order valence-corrected chi connectivity index (χ1v) is 6.74. The van der Waals surface area contributed by atoms with Crippen molar-refractivity contribution >= 4 is 11.3 Å². The van der Waals surface area contributed by atoms with Crippen LogP contribution in [-0.2, 0) is 0 Å². The first kappa shape index (κ1) is 12.2. The molecular weight excluding hydrogens is 230 g/mol. The van der Waals surface area contributed by atoms with E-state index in [-0.39, 0.29) is 6.04 Å². The van der Waals surface area contributed by atoms with Crippen molar-refractivity contribution < 1.29 is 0 Å². The Kier molecular flexibility index (Phi) is 4.23. The van der Waals surface area contributed by atoms with Crippen LogP contribution in [0.1, 0.15) is 35.5 Å². The zero-order valence-corrected chi connectivity index (χ0v) is 11.0. The average molecular weight is 247 g/mol. The summed E-state index contributed by atoms with van der Waals surface area (Å²) in [5, 5.41) is 5.68. The lowest BCUT2D eigenvalue weighted by molar-refractivity contribution is 0.584. The Bertz CT molecular complexity index is 453. The molecule has 2 heterocycles. The van der Waals surface area contributed by atoms with Gasteiger partial charge < -0.3 is 5.32 Å². The number of aromatic nitrogens is 2. The largest absolute Gasteiger partial charge is 0.305 e. The van der Waals surface area contributed by atoms with Gasteiger partial charge in [-0.05, 0) is 43.0 Å². The summed E-state index contributed by atoms with van der Waals surface area (Å²) >= 11 is 1.78. The number of aryl methyl sites for hydroxylation is 1. The monoisotopic (exact) mass is 247 g/mol. The number of hydrogen-bond donors (Lipinski definition) is 1. The molecule has 0 amide bonds. The molecule has 90 valence electrons. The summed E-state index contributed by atoms with van der Waals surface area (Å²) in [4.78, 5) is 9.68. The van der Waals surface area contributed by atoms with E-state index in [4.69, 9.17) is 0 Å². The summed E-state index contributed by atoms with van der Waals surface area (Å²) in [6.45, 7) is 5.32. The molecule has 0 aliphatic rings. The van der Waals surface area contributed by atoms with Gasteiger partial charge in [-0.2, -0.15) is 0 Å². The first-order chi connectivity index (χ1) is 8.33. The molecule has 17 heavy (non-hydrogen) atoms. The second-order valence-corrected chi connectivity index (χ2v) is 5.07. The summed E-state index contributed by atoms with van der Waals surface area (Å²) in [5.41, 5.74) is 2.36. The van der Waals surface area contributed by atoms with Crippen molar-refractivity contribution in [2.24, 2.45) is 0 Å². The van der Waals surface area contributed by atoms with Gasteiger partial charge in [0.1, 0.15) is 6.33 Å². The van der Waals surface area contributed by atoms with Gasteiger partial charge in [-0.3, -0.25) is 0 Å². The average Bonchev–Trinajstić information content (AvgIpc) is 2.78. The Hall–Kier alpha value is -1.26. The minimum atomic E-state index is 0.184. The van der Waals surface area contributed by atoms with Gasteiger partial charge in [-0.1, -0.05) is 6.92 Å². The maximum atomic E-state index is 4.36. The van der Waals surface area contributed by atoms with E-state index in [1.165, 1.54) is 10.4 Å². The lowest BCUT2D eigenvalue weighted by atomic mass is 10.0. The Morgan fingerprint density at radius 1 is 1.41 bits per heavy atom. The fourth-order valence-electron chi connectivity index (χ4n) is 1.83. The van der Waals surface area contributed by atoms with Crippen molar-refractivity contribution in [3.05, 3.63) is 46.2 Å². The van der Waals surface area contributed by atoms with Gasteiger partial charge in [0.2, 0.25) is 0 Å². The van der Waals surface area contributed by atoms with E-state index in [9.17, 15) is 0 Å². The molecule has 1 unspecified atom stereocenters. The second kappa shape index (κ2) is 5.89. The lowest BCUT2D eigenvalue weighted by Crippen LogP contribution is -2.24. The molecule has 4 heteroatoms. The molecule has 0 aliphatic carbocycles. The van der Waals surface area contributed by atoms with Gasteiger partial charge in [0.15, 0.2) is 0 Å². The van der Waals surface area contributed by atoms with Gasteiger partial charge in [-0.25, -0.2) is 9.97 Å². The topological polar surface area (TPSA) is 37.8 Å². The molecule has 0 spiro atoms. The van der Waals surface area contributed by atoms with Crippen LogP contribution in [0, 0.1) is 6.92 Å². The van der Waals surface area contributed by atoms with Crippen LogP contribution in [0.4, 0.5) is 0 Å². The number of nitrogens with one attached hydrogen (secondary N) is 1. The van der Waals surface area contributed by atoms with Crippen LogP contribution >= 0.6 is 11.3 Å². The molecule has 0 aromatic carbocycles. The highest BCUT2D eigenvalue weighted by Gasteiger charge is 2.17. The van der Waals surface area contributed by atoms with Crippen LogP contribution in [0.5, 0.6) is 0 Å². The Morgan fingerprint density at radius 3 is 2.88 bits per heavy atom. The van der Waals surface area contributed by atoms with Crippen LogP contribution < -0.4 is 5.32 Å². The maximum absolute atomic E-state index is 4.36. The van der Waals surface area contributed by atoms with E-state index in [2.05, 4.69) is 40.6 Å². The normalized spacial score (nSPS) is 12.6. The van der Waals surface area contributed by atoms with Crippen molar-refractivity contribution in [3.8, 4) is 0 Å². The van der Waals surface area contributed by atoms with E-state index in [0.29, 0.717) is 0 Å². The van der Waals surface area contributed by atoms with Gasteiger partial charge in [0.05, 0.1) is 11.7 Å². The molecule has 0 radical (unpaired) electrons. The molecule has 0 bridgehead atoms. The van der Waals surface area contributed by atoms with E-state index in [0.717, 1.165) is 18.7 Å². The molecule has 1 atom stereocenters. The quantitative estimate of drug-likeness (QED) is 0.882. The van der Waals surface area contributed by atoms with Crippen LogP contribution in [0.3, 0.4) is 0 Å². The third kappa shape index (κ3) is 2.90. The molecule has 2 rings (SSSR count). The predicted octanol–water partition coefficient (Wildman–Crippen LogP) is 2.94. The minimum absolute atomic E-state index is 0.184. The predicted molar refractivity (Wildman–Crippen MR) is 71.2 cm³/mol. The van der Waals surface area contributed by atoms with Gasteiger partial charge in [0.25, 0.3) is 0 Å².